The number of hydrogen-bond acceptors (Lipinski definition) is 5. The number of amides is 1. The lowest BCUT2D eigenvalue weighted by Crippen LogP contribution is -2.48. The molecular formula is C29H35N3O3. The molecule has 6 nitrogen and oxygen atoms in total. The molecule has 4 rings (SSSR count). The predicted octanol–water partition coefficient (Wildman–Crippen LogP) is 4.75. The summed E-state index contributed by atoms with van der Waals surface area (Å²) in [5.74, 6) is 1.44. The maximum Gasteiger partial charge on any atom is 0.252 e. The molecule has 0 atom stereocenters. The van der Waals surface area contributed by atoms with E-state index in [0.717, 1.165) is 54.5 Å². The zero-order valence-corrected chi connectivity index (χ0v) is 21.0. The molecule has 3 aromatic carbocycles. The van der Waals surface area contributed by atoms with Crippen molar-refractivity contribution < 1.29 is 14.3 Å². The molecular weight excluding hydrogens is 438 g/mol. The van der Waals surface area contributed by atoms with Gasteiger partial charge in [0.15, 0.2) is 0 Å². The highest BCUT2D eigenvalue weighted by molar-refractivity contribution is 5.95. The van der Waals surface area contributed by atoms with Crippen LogP contribution in [0.3, 0.4) is 0 Å². The first-order chi connectivity index (χ1) is 17.0. The summed E-state index contributed by atoms with van der Waals surface area (Å²) in [7, 11) is 3.29. The van der Waals surface area contributed by atoms with Gasteiger partial charge in [-0.3, -0.25) is 9.69 Å². The molecule has 0 aliphatic carbocycles. The normalized spacial score (nSPS) is 14.3. The van der Waals surface area contributed by atoms with Crippen LogP contribution in [0, 0.1) is 0 Å². The lowest BCUT2D eigenvalue weighted by molar-refractivity contribution is 0.0943. The number of anilines is 1. The Morgan fingerprint density at radius 1 is 0.743 bits per heavy atom. The first-order valence-corrected chi connectivity index (χ1v) is 12.2. The van der Waals surface area contributed by atoms with E-state index in [1.807, 2.05) is 60.7 Å². The van der Waals surface area contributed by atoms with E-state index in [1.165, 1.54) is 0 Å². The summed E-state index contributed by atoms with van der Waals surface area (Å²) < 4.78 is 10.6. The summed E-state index contributed by atoms with van der Waals surface area (Å²) >= 11 is 0. The topological polar surface area (TPSA) is 54.0 Å². The standard InChI is InChI=1S/C29H35N3O3/c1-21(2)31-17-19-32(20-18-31)25-11-5-24(6-12-25)29(33)30-28(22-7-13-26(34-3)14-8-22)23-9-15-27(35-4)16-10-23/h5-16,21,28H,17-20H2,1-4H3,(H,30,33). The second-order valence-electron chi connectivity index (χ2n) is 9.12. The third-order valence-corrected chi connectivity index (χ3v) is 6.71. The quantitative estimate of drug-likeness (QED) is 0.512. The summed E-state index contributed by atoms with van der Waals surface area (Å²) in [6, 6.07) is 23.8. The third-order valence-electron chi connectivity index (χ3n) is 6.71. The molecule has 6 heteroatoms. The highest BCUT2D eigenvalue weighted by Crippen LogP contribution is 2.27. The Kier molecular flexibility index (Phi) is 7.93. The molecule has 0 bridgehead atoms. The molecule has 35 heavy (non-hydrogen) atoms. The predicted molar refractivity (Wildman–Crippen MR) is 141 cm³/mol. The van der Waals surface area contributed by atoms with Crippen LogP contribution in [0.4, 0.5) is 5.69 Å². The number of piperazine rings is 1. The maximum absolute atomic E-state index is 13.3. The number of nitrogens with zero attached hydrogens (tertiary/aromatic N) is 2. The van der Waals surface area contributed by atoms with Crippen LogP contribution in [0.25, 0.3) is 0 Å². The van der Waals surface area contributed by atoms with E-state index >= 15 is 0 Å². The molecule has 1 saturated heterocycles. The van der Waals surface area contributed by atoms with E-state index in [1.54, 1.807) is 14.2 Å². The second kappa shape index (κ2) is 11.3. The summed E-state index contributed by atoms with van der Waals surface area (Å²) in [6.45, 7) is 8.61. The van der Waals surface area contributed by atoms with Crippen LogP contribution in [0.5, 0.6) is 11.5 Å². The molecule has 1 aliphatic heterocycles. The van der Waals surface area contributed by atoms with Crippen LogP contribution in [0.15, 0.2) is 72.8 Å². The Morgan fingerprint density at radius 3 is 1.66 bits per heavy atom. The molecule has 3 aromatic rings. The fraction of sp³-hybridized carbons (Fsp3) is 0.345. The van der Waals surface area contributed by atoms with Crippen LogP contribution in [0.2, 0.25) is 0 Å². The first kappa shape index (κ1) is 24.6. The fourth-order valence-corrected chi connectivity index (χ4v) is 4.49. The number of carbonyl (C=O) groups is 1. The largest absolute Gasteiger partial charge is 0.497 e. The van der Waals surface area contributed by atoms with Gasteiger partial charge in [-0.15, -0.1) is 0 Å². The van der Waals surface area contributed by atoms with E-state index in [9.17, 15) is 4.79 Å². The number of nitrogens with one attached hydrogen (secondary N) is 1. The smallest absolute Gasteiger partial charge is 0.252 e. The molecule has 1 N–H and O–H groups in total. The molecule has 184 valence electrons. The Hall–Kier alpha value is -3.51. The monoisotopic (exact) mass is 473 g/mol. The van der Waals surface area contributed by atoms with Gasteiger partial charge in [-0.05, 0) is 73.5 Å². The van der Waals surface area contributed by atoms with Crippen LogP contribution in [0.1, 0.15) is 41.4 Å². The van der Waals surface area contributed by atoms with Gasteiger partial charge >= 0.3 is 0 Å². The number of hydrogen-bond donors (Lipinski definition) is 1. The van der Waals surface area contributed by atoms with Crippen LogP contribution in [-0.2, 0) is 0 Å². The Balaban J connectivity index is 1.50. The molecule has 1 aliphatic rings. The van der Waals surface area contributed by atoms with E-state index in [0.29, 0.717) is 11.6 Å². The summed E-state index contributed by atoms with van der Waals surface area (Å²) in [4.78, 5) is 18.2. The number of rotatable bonds is 8. The van der Waals surface area contributed by atoms with Crippen molar-refractivity contribution in [2.75, 3.05) is 45.3 Å². The average molecular weight is 474 g/mol. The van der Waals surface area contributed by atoms with Crippen LogP contribution in [-0.4, -0.2) is 57.2 Å². The van der Waals surface area contributed by atoms with E-state index < -0.39 is 0 Å². The minimum atomic E-state index is -0.303. The Morgan fingerprint density at radius 2 is 1.23 bits per heavy atom. The van der Waals surface area contributed by atoms with Gasteiger partial charge in [-0.1, -0.05) is 24.3 Å². The van der Waals surface area contributed by atoms with Gasteiger partial charge in [0.25, 0.3) is 5.91 Å². The summed E-state index contributed by atoms with van der Waals surface area (Å²) in [6.07, 6.45) is 0. The molecule has 1 amide bonds. The second-order valence-corrected chi connectivity index (χ2v) is 9.12. The third kappa shape index (κ3) is 5.95. The average Bonchev–Trinajstić information content (AvgIpc) is 2.92. The van der Waals surface area contributed by atoms with Crippen LogP contribution < -0.4 is 19.7 Å². The molecule has 1 heterocycles. The number of benzene rings is 3. The fourth-order valence-electron chi connectivity index (χ4n) is 4.49. The molecule has 0 unspecified atom stereocenters. The highest BCUT2D eigenvalue weighted by atomic mass is 16.5. The van der Waals surface area contributed by atoms with E-state index in [-0.39, 0.29) is 11.9 Å². The van der Waals surface area contributed by atoms with Crippen LogP contribution >= 0.6 is 0 Å². The van der Waals surface area contributed by atoms with Crippen molar-refractivity contribution in [2.45, 2.75) is 25.9 Å². The van der Waals surface area contributed by atoms with Gasteiger partial charge in [0, 0.05) is 43.5 Å². The van der Waals surface area contributed by atoms with Crippen molar-refractivity contribution in [2.24, 2.45) is 0 Å². The number of methoxy groups -OCH3 is 2. The molecule has 0 radical (unpaired) electrons. The molecule has 0 spiro atoms. The van der Waals surface area contributed by atoms with Gasteiger partial charge in [0.05, 0.1) is 20.3 Å². The van der Waals surface area contributed by atoms with Gasteiger partial charge in [0.2, 0.25) is 0 Å². The van der Waals surface area contributed by atoms with Crippen molar-refractivity contribution in [3.63, 3.8) is 0 Å². The minimum absolute atomic E-state index is 0.113. The van der Waals surface area contributed by atoms with E-state index in [2.05, 4.69) is 41.1 Å². The van der Waals surface area contributed by atoms with Gasteiger partial charge in [-0.2, -0.15) is 0 Å². The SMILES string of the molecule is COc1ccc(C(NC(=O)c2ccc(N3CCN(C(C)C)CC3)cc2)c2ccc(OC)cc2)cc1. The Bertz CT molecular complexity index is 1040. The van der Waals surface area contributed by atoms with Crippen molar-refractivity contribution in [3.8, 4) is 11.5 Å². The van der Waals surface area contributed by atoms with Crippen molar-refractivity contribution in [1.82, 2.24) is 10.2 Å². The lowest BCUT2D eigenvalue weighted by atomic mass is 9.98. The molecule has 0 saturated carbocycles. The highest BCUT2D eigenvalue weighted by Gasteiger charge is 2.21. The maximum atomic E-state index is 13.3. The zero-order chi connectivity index (χ0) is 24.8. The van der Waals surface area contributed by atoms with Crippen molar-refractivity contribution in [3.05, 3.63) is 89.5 Å². The number of carbonyl (C=O) groups excluding carboxylic acids is 1. The first-order valence-electron chi connectivity index (χ1n) is 12.2. The minimum Gasteiger partial charge on any atom is -0.497 e. The van der Waals surface area contributed by atoms with Gasteiger partial charge in [0.1, 0.15) is 11.5 Å². The molecule has 1 fully saturated rings. The summed E-state index contributed by atoms with van der Waals surface area (Å²) in [5.41, 5.74) is 3.75. The Labute approximate surface area is 208 Å². The number of ether oxygens (including phenoxy) is 2. The zero-order valence-electron chi connectivity index (χ0n) is 21.0. The van der Waals surface area contributed by atoms with Crippen molar-refractivity contribution >= 4 is 11.6 Å². The van der Waals surface area contributed by atoms with Crippen molar-refractivity contribution in [1.29, 1.82) is 0 Å². The molecule has 0 aromatic heterocycles. The van der Waals surface area contributed by atoms with Gasteiger partial charge < -0.3 is 19.7 Å². The van der Waals surface area contributed by atoms with E-state index in [4.69, 9.17) is 9.47 Å². The lowest BCUT2D eigenvalue weighted by Gasteiger charge is -2.38. The summed E-state index contributed by atoms with van der Waals surface area (Å²) in [5, 5.41) is 3.22. The van der Waals surface area contributed by atoms with Gasteiger partial charge in [-0.25, -0.2) is 0 Å².